The van der Waals surface area contributed by atoms with Gasteiger partial charge in [-0.1, -0.05) is 0 Å². The highest BCUT2D eigenvalue weighted by Crippen LogP contribution is 2.24. The van der Waals surface area contributed by atoms with Gasteiger partial charge in [-0.25, -0.2) is 4.68 Å². The van der Waals surface area contributed by atoms with Gasteiger partial charge in [0.2, 0.25) is 17.8 Å². The van der Waals surface area contributed by atoms with Gasteiger partial charge in [0, 0.05) is 5.69 Å². The van der Waals surface area contributed by atoms with E-state index >= 15 is 0 Å². The first-order valence-corrected chi connectivity index (χ1v) is 6.75. The van der Waals surface area contributed by atoms with Crippen LogP contribution in [0.15, 0.2) is 24.3 Å². The Morgan fingerprint density at radius 1 is 1.41 bits per heavy atom. The number of methoxy groups -OCH3 is 1. The number of carbonyl (C=O) groups is 2. The Morgan fingerprint density at radius 2 is 2.14 bits per heavy atom. The van der Waals surface area contributed by atoms with Gasteiger partial charge < -0.3 is 10.1 Å². The number of hydrogen-bond acceptors (Lipinski definition) is 5. The SMILES string of the molecule is COc1ccc(NC(=O)[C@H]2CC(=O)Nc3nc(C)nn32)cc1. The zero-order valence-corrected chi connectivity index (χ0v) is 12.2. The van der Waals surface area contributed by atoms with Crippen LogP contribution in [0.3, 0.4) is 0 Å². The lowest BCUT2D eigenvalue weighted by atomic mass is 10.1. The predicted molar refractivity (Wildman–Crippen MR) is 78.7 cm³/mol. The minimum Gasteiger partial charge on any atom is -0.497 e. The van der Waals surface area contributed by atoms with Gasteiger partial charge in [0.1, 0.15) is 17.6 Å². The first-order valence-electron chi connectivity index (χ1n) is 6.75. The van der Waals surface area contributed by atoms with Crippen molar-refractivity contribution in [1.82, 2.24) is 14.8 Å². The minimum atomic E-state index is -0.716. The molecule has 1 aromatic heterocycles. The van der Waals surface area contributed by atoms with E-state index in [1.807, 2.05) is 0 Å². The highest BCUT2D eigenvalue weighted by Gasteiger charge is 2.32. The number of nitrogens with one attached hydrogen (secondary N) is 2. The normalized spacial score (nSPS) is 16.6. The molecule has 0 radical (unpaired) electrons. The third kappa shape index (κ3) is 2.62. The van der Waals surface area contributed by atoms with Crippen LogP contribution in [0.4, 0.5) is 11.6 Å². The molecule has 3 rings (SSSR count). The topological polar surface area (TPSA) is 98.1 Å². The molecule has 0 saturated heterocycles. The molecule has 1 aliphatic heterocycles. The molecule has 0 spiro atoms. The van der Waals surface area contributed by atoms with Crippen LogP contribution in [0.25, 0.3) is 0 Å². The molecule has 0 aliphatic carbocycles. The van der Waals surface area contributed by atoms with Crippen molar-refractivity contribution in [3.8, 4) is 5.75 Å². The van der Waals surface area contributed by atoms with Gasteiger partial charge in [-0.05, 0) is 31.2 Å². The maximum absolute atomic E-state index is 12.4. The largest absolute Gasteiger partial charge is 0.497 e. The first-order chi connectivity index (χ1) is 10.6. The van der Waals surface area contributed by atoms with E-state index in [2.05, 4.69) is 20.7 Å². The van der Waals surface area contributed by atoms with E-state index in [-0.39, 0.29) is 18.2 Å². The lowest BCUT2D eigenvalue weighted by Gasteiger charge is -2.22. The summed E-state index contributed by atoms with van der Waals surface area (Å²) in [6.07, 6.45) is 0.0256. The first kappa shape index (κ1) is 14.1. The Kier molecular flexibility index (Phi) is 3.50. The molecule has 2 N–H and O–H groups in total. The maximum atomic E-state index is 12.4. The van der Waals surface area contributed by atoms with Crippen molar-refractivity contribution in [2.24, 2.45) is 0 Å². The molecule has 22 heavy (non-hydrogen) atoms. The molecule has 2 aromatic rings. The van der Waals surface area contributed by atoms with Gasteiger partial charge in [-0.15, -0.1) is 0 Å². The summed E-state index contributed by atoms with van der Waals surface area (Å²) in [6.45, 7) is 1.70. The van der Waals surface area contributed by atoms with Crippen LogP contribution in [0, 0.1) is 6.92 Å². The fourth-order valence-corrected chi connectivity index (χ4v) is 2.27. The van der Waals surface area contributed by atoms with Crippen molar-refractivity contribution in [2.45, 2.75) is 19.4 Å². The van der Waals surface area contributed by atoms with Crippen LogP contribution in [0.5, 0.6) is 5.75 Å². The van der Waals surface area contributed by atoms with Crippen LogP contribution in [0.1, 0.15) is 18.3 Å². The highest BCUT2D eigenvalue weighted by molar-refractivity contribution is 6.00. The zero-order chi connectivity index (χ0) is 15.7. The summed E-state index contributed by atoms with van der Waals surface area (Å²) in [5, 5.41) is 9.54. The number of hydrogen-bond donors (Lipinski definition) is 2. The average Bonchev–Trinajstić information content (AvgIpc) is 2.87. The fourth-order valence-electron chi connectivity index (χ4n) is 2.27. The van der Waals surface area contributed by atoms with E-state index in [1.54, 1.807) is 38.3 Å². The predicted octanol–water partition coefficient (Wildman–Crippen LogP) is 1.12. The molecular weight excluding hydrogens is 286 g/mol. The van der Waals surface area contributed by atoms with Gasteiger partial charge in [0.05, 0.1) is 13.5 Å². The molecular formula is C14H15N5O3. The van der Waals surface area contributed by atoms with Gasteiger partial charge in [0.25, 0.3) is 0 Å². The number of ether oxygens (including phenoxy) is 1. The fraction of sp³-hybridized carbons (Fsp3) is 0.286. The molecule has 1 aromatic carbocycles. The third-order valence-corrected chi connectivity index (χ3v) is 3.32. The minimum absolute atomic E-state index is 0.0256. The second kappa shape index (κ2) is 5.47. The van der Waals surface area contributed by atoms with Crippen LogP contribution in [0.2, 0.25) is 0 Å². The molecule has 0 fully saturated rings. The van der Waals surface area contributed by atoms with Gasteiger partial charge >= 0.3 is 0 Å². The van der Waals surface area contributed by atoms with Crippen molar-refractivity contribution in [3.05, 3.63) is 30.1 Å². The summed E-state index contributed by atoms with van der Waals surface area (Å²) in [5.41, 5.74) is 0.621. The quantitative estimate of drug-likeness (QED) is 0.885. The van der Waals surface area contributed by atoms with E-state index in [4.69, 9.17) is 4.74 Å². The van der Waals surface area contributed by atoms with Crippen LogP contribution < -0.4 is 15.4 Å². The number of aryl methyl sites for hydroxylation is 1. The van der Waals surface area contributed by atoms with E-state index in [0.717, 1.165) is 0 Å². The highest BCUT2D eigenvalue weighted by atomic mass is 16.5. The lowest BCUT2D eigenvalue weighted by molar-refractivity contribution is -0.125. The Labute approximate surface area is 126 Å². The lowest BCUT2D eigenvalue weighted by Crippen LogP contribution is -2.36. The average molecular weight is 301 g/mol. The zero-order valence-electron chi connectivity index (χ0n) is 12.2. The molecule has 1 aliphatic rings. The molecule has 2 heterocycles. The summed E-state index contributed by atoms with van der Waals surface area (Å²) in [5.74, 6) is 0.924. The number of benzene rings is 1. The summed E-state index contributed by atoms with van der Waals surface area (Å²) < 4.78 is 6.51. The molecule has 8 heteroatoms. The van der Waals surface area contributed by atoms with Crippen molar-refractivity contribution in [1.29, 1.82) is 0 Å². The second-order valence-corrected chi connectivity index (χ2v) is 4.91. The van der Waals surface area contributed by atoms with Gasteiger partial charge in [-0.3, -0.25) is 14.9 Å². The van der Waals surface area contributed by atoms with Crippen molar-refractivity contribution in [3.63, 3.8) is 0 Å². The van der Waals surface area contributed by atoms with Gasteiger partial charge in [0.15, 0.2) is 0 Å². The smallest absolute Gasteiger partial charge is 0.249 e. The number of rotatable bonds is 3. The number of carbonyl (C=O) groups excluding carboxylic acids is 2. The Hall–Kier alpha value is -2.90. The van der Waals surface area contributed by atoms with Gasteiger partial charge in [-0.2, -0.15) is 10.1 Å². The molecule has 2 amide bonds. The Morgan fingerprint density at radius 3 is 2.82 bits per heavy atom. The van der Waals surface area contributed by atoms with Crippen LogP contribution in [-0.4, -0.2) is 33.7 Å². The molecule has 8 nitrogen and oxygen atoms in total. The maximum Gasteiger partial charge on any atom is 0.249 e. The standard InChI is InChI=1S/C14H15N5O3/c1-8-15-14-17-12(20)7-11(19(14)18-8)13(21)16-9-3-5-10(22-2)6-4-9/h3-6,11H,7H2,1-2H3,(H,16,21)(H,15,17,18,20)/t11-/m1/s1. The summed E-state index contributed by atoms with van der Waals surface area (Å²) in [7, 11) is 1.57. The number of nitrogens with zero attached hydrogens (tertiary/aromatic N) is 3. The monoisotopic (exact) mass is 301 g/mol. The number of fused-ring (bicyclic) bond motifs is 1. The summed E-state index contributed by atoms with van der Waals surface area (Å²) >= 11 is 0. The van der Waals surface area contributed by atoms with Crippen LogP contribution in [-0.2, 0) is 9.59 Å². The van der Waals surface area contributed by atoms with E-state index in [1.165, 1.54) is 4.68 Å². The van der Waals surface area contributed by atoms with E-state index in [0.29, 0.717) is 23.2 Å². The molecule has 114 valence electrons. The molecule has 0 bridgehead atoms. The van der Waals surface area contributed by atoms with Crippen LogP contribution >= 0.6 is 0 Å². The molecule has 0 unspecified atom stereocenters. The second-order valence-electron chi connectivity index (χ2n) is 4.91. The summed E-state index contributed by atoms with van der Waals surface area (Å²) in [6, 6.07) is 6.23. The van der Waals surface area contributed by atoms with E-state index in [9.17, 15) is 9.59 Å². The number of amides is 2. The van der Waals surface area contributed by atoms with Crippen molar-refractivity contribution in [2.75, 3.05) is 17.7 Å². The number of aromatic nitrogens is 3. The molecule has 0 saturated carbocycles. The Bertz CT molecular complexity index is 723. The van der Waals surface area contributed by atoms with Crippen molar-refractivity contribution < 1.29 is 14.3 Å². The molecule has 1 atom stereocenters. The van der Waals surface area contributed by atoms with Crippen molar-refractivity contribution >= 4 is 23.5 Å². The number of anilines is 2. The third-order valence-electron chi connectivity index (χ3n) is 3.32. The Balaban J connectivity index is 1.80. The van der Waals surface area contributed by atoms with E-state index < -0.39 is 6.04 Å². The summed E-state index contributed by atoms with van der Waals surface area (Å²) in [4.78, 5) is 28.2.